The van der Waals surface area contributed by atoms with Gasteiger partial charge in [-0.2, -0.15) is 0 Å². The Hall–Kier alpha value is -0.610. The molecule has 3 rings (SSSR count). The summed E-state index contributed by atoms with van der Waals surface area (Å²) in [5.41, 5.74) is 0. The molecule has 4 heteroatoms. The minimum Gasteiger partial charge on any atom is -0.393 e. The lowest BCUT2D eigenvalue weighted by atomic mass is 9.96. The van der Waals surface area contributed by atoms with Crippen LogP contribution in [0.2, 0.25) is 0 Å². The van der Waals surface area contributed by atoms with Crippen molar-refractivity contribution in [2.75, 3.05) is 6.54 Å². The van der Waals surface area contributed by atoms with Crippen molar-refractivity contribution in [1.82, 2.24) is 10.2 Å². The van der Waals surface area contributed by atoms with Gasteiger partial charge in [0.25, 0.3) is 0 Å². The number of amides is 1. The van der Waals surface area contributed by atoms with Crippen LogP contribution in [0.4, 0.5) is 0 Å². The maximum Gasteiger partial charge on any atom is 0.237 e. The van der Waals surface area contributed by atoms with Crippen LogP contribution in [-0.4, -0.2) is 46.7 Å². The number of fused-ring (bicyclic) bond motifs is 2. The van der Waals surface area contributed by atoms with Gasteiger partial charge in [0, 0.05) is 18.6 Å². The molecule has 3 unspecified atom stereocenters. The molecule has 0 aliphatic carbocycles. The predicted molar refractivity (Wildman–Crippen MR) is 64.5 cm³/mol. The smallest absolute Gasteiger partial charge is 0.237 e. The molecule has 0 aromatic rings. The van der Waals surface area contributed by atoms with E-state index in [4.69, 9.17) is 0 Å². The molecule has 2 bridgehead atoms. The van der Waals surface area contributed by atoms with E-state index in [-0.39, 0.29) is 18.1 Å². The summed E-state index contributed by atoms with van der Waals surface area (Å²) in [7, 11) is 0. The van der Waals surface area contributed by atoms with Crippen LogP contribution < -0.4 is 5.32 Å². The van der Waals surface area contributed by atoms with Gasteiger partial charge in [0.15, 0.2) is 0 Å². The van der Waals surface area contributed by atoms with Crippen molar-refractivity contribution in [2.24, 2.45) is 0 Å². The number of nitrogens with one attached hydrogen (secondary N) is 1. The zero-order valence-electron chi connectivity index (χ0n) is 10.3. The van der Waals surface area contributed by atoms with E-state index in [1.165, 1.54) is 0 Å². The number of aliphatic hydroxyl groups excluding tert-OH is 1. The second kappa shape index (κ2) is 4.58. The normalized spacial score (nSPS) is 43.2. The van der Waals surface area contributed by atoms with Crippen molar-refractivity contribution in [1.29, 1.82) is 0 Å². The van der Waals surface area contributed by atoms with E-state index in [2.05, 4.69) is 10.2 Å². The Morgan fingerprint density at radius 2 is 1.82 bits per heavy atom. The highest BCUT2D eigenvalue weighted by Gasteiger charge is 2.45. The largest absolute Gasteiger partial charge is 0.393 e. The van der Waals surface area contributed by atoms with E-state index in [9.17, 15) is 9.90 Å². The van der Waals surface area contributed by atoms with Crippen molar-refractivity contribution < 1.29 is 9.90 Å². The lowest BCUT2D eigenvalue weighted by Gasteiger charge is -2.41. The number of rotatable bonds is 1. The monoisotopic (exact) mass is 238 g/mol. The third-order valence-electron chi connectivity index (χ3n) is 4.63. The van der Waals surface area contributed by atoms with Crippen LogP contribution in [0.5, 0.6) is 0 Å². The summed E-state index contributed by atoms with van der Waals surface area (Å²) in [6.07, 6.45) is 7.14. The van der Waals surface area contributed by atoms with Crippen LogP contribution in [0.15, 0.2) is 0 Å². The van der Waals surface area contributed by atoms with Crippen LogP contribution >= 0.6 is 0 Å². The second-order valence-corrected chi connectivity index (χ2v) is 5.76. The average Bonchev–Trinajstić information content (AvgIpc) is 2.50. The maximum atomic E-state index is 12.1. The van der Waals surface area contributed by atoms with E-state index in [1.807, 2.05) is 0 Å². The Balaban J connectivity index is 1.77. The summed E-state index contributed by atoms with van der Waals surface area (Å²) in [4.78, 5) is 14.5. The summed E-state index contributed by atoms with van der Waals surface area (Å²) in [6, 6.07) is 0.956. The van der Waals surface area contributed by atoms with Crippen molar-refractivity contribution in [3.8, 4) is 0 Å². The van der Waals surface area contributed by atoms with Crippen LogP contribution in [0.3, 0.4) is 0 Å². The molecule has 0 aromatic carbocycles. The second-order valence-electron chi connectivity index (χ2n) is 5.76. The van der Waals surface area contributed by atoms with E-state index in [0.29, 0.717) is 12.1 Å². The predicted octanol–water partition coefficient (Wildman–Crippen LogP) is 0.643. The molecule has 0 spiro atoms. The van der Waals surface area contributed by atoms with Gasteiger partial charge in [-0.25, -0.2) is 0 Å². The Morgan fingerprint density at radius 3 is 2.53 bits per heavy atom. The van der Waals surface area contributed by atoms with Gasteiger partial charge < -0.3 is 10.4 Å². The van der Waals surface area contributed by atoms with Crippen molar-refractivity contribution in [3.63, 3.8) is 0 Å². The molecule has 2 N–H and O–H groups in total. The van der Waals surface area contributed by atoms with Crippen LogP contribution in [-0.2, 0) is 4.79 Å². The summed E-state index contributed by atoms with van der Waals surface area (Å²) >= 11 is 0. The Labute approximate surface area is 102 Å². The minimum absolute atomic E-state index is 0.0718. The van der Waals surface area contributed by atoms with Crippen molar-refractivity contribution in [2.45, 2.75) is 69.2 Å². The standard InChI is InChI=1S/C13H22N2O2/c16-11-7-9-4-5-10(8-11)15(9)12-3-1-2-6-14-13(12)17/h9-12,16H,1-8H2,(H,14,17). The van der Waals surface area contributed by atoms with E-state index in [1.54, 1.807) is 0 Å². The molecule has 0 radical (unpaired) electrons. The minimum atomic E-state index is -0.141. The molecule has 3 heterocycles. The summed E-state index contributed by atoms with van der Waals surface area (Å²) in [5, 5.41) is 12.8. The lowest BCUT2D eigenvalue weighted by Crippen LogP contribution is -2.54. The van der Waals surface area contributed by atoms with Gasteiger partial charge >= 0.3 is 0 Å². The molecule has 4 nitrogen and oxygen atoms in total. The first kappa shape index (κ1) is 11.5. The molecular formula is C13H22N2O2. The SMILES string of the molecule is O=C1NCCCCC1N1C2CCC1CC(O)C2. The first-order valence-electron chi connectivity index (χ1n) is 6.99. The molecular weight excluding hydrogens is 216 g/mol. The van der Waals surface area contributed by atoms with Crippen molar-refractivity contribution in [3.05, 3.63) is 0 Å². The van der Waals surface area contributed by atoms with Crippen molar-refractivity contribution >= 4 is 5.91 Å². The van der Waals surface area contributed by atoms with Crippen LogP contribution in [0, 0.1) is 0 Å². The maximum absolute atomic E-state index is 12.1. The van der Waals surface area contributed by atoms with E-state index in [0.717, 1.165) is 51.5 Å². The third kappa shape index (κ3) is 2.08. The van der Waals surface area contributed by atoms with Gasteiger partial charge in [0.1, 0.15) is 0 Å². The quantitative estimate of drug-likeness (QED) is 0.705. The summed E-state index contributed by atoms with van der Waals surface area (Å²) in [5.74, 6) is 0.218. The fourth-order valence-electron chi connectivity index (χ4n) is 3.90. The van der Waals surface area contributed by atoms with E-state index >= 15 is 0 Å². The molecule has 3 fully saturated rings. The fraction of sp³-hybridized carbons (Fsp3) is 0.923. The zero-order chi connectivity index (χ0) is 11.8. The number of hydrogen-bond acceptors (Lipinski definition) is 3. The molecule has 3 aliphatic rings. The molecule has 96 valence electrons. The van der Waals surface area contributed by atoms with Gasteiger partial charge in [-0.1, -0.05) is 0 Å². The Kier molecular flexibility index (Phi) is 3.09. The summed E-state index contributed by atoms with van der Waals surface area (Å²) < 4.78 is 0. The van der Waals surface area contributed by atoms with Gasteiger partial charge in [0.2, 0.25) is 5.91 Å². The van der Waals surface area contributed by atoms with Gasteiger partial charge in [-0.15, -0.1) is 0 Å². The Bertz CT molecular complexity index is 294. The molecule has 0 saturated carbocycles. The molecule has 3 atom stereocenters. The molecule has 1 amide bonds. The first-order chi connectivity index (χ1) is 8.25. The van der Waals surface area contributed by atoms with Gasteiger partial charge in [-0.05, 0) is 44.9 Å². The molecule has 3 aliphatic heterocycles. The highest BCUT2D eigenvalue weighted by Crippen LogP contribution is 2.38. The highest BCUT2D eigenvalue weighted by molar-refractivity contribution is 5.82. The number of hydrogen-bond donors (Lipinski definition) is 2. The Morgan fingerprint density at radius 1 is 1.12 bits per heavy atom. The fourth-order valence-corrected chi connectivity index (χ4v) is 3.90. The number of nitrogens with zero attached hydrogens (tertiary/aromatic N) is 1. The number of aliphatic hydroxyl groups is 1. The third-order valence-corrected chi connectivity index (χ3v) is 4.63. The van der Waals surface area contributed by atoms with Crippen LogP contribution in [0.1, 0.15) is 44.9 Å². The molecule has 17 heavy (non-hydrogen) atoms. The number of carbonyl (C=O) groups excluding carboxylic acids is 1. The zero-order valence-corrected chi connectivity index (χ0v) is 10.3. The topological polar surface area (TPSA) is 52.6 Å². The molecule has 3 saturated heterocycles. The first-order valence-corrected chi connectivity index (χ1v) is 6.99. The van der Waals surface area contributed by atoms with Crippen LogP contribution in [0.25, 0.3) is 0 Å². The number of carbonyl (C=O) groups is 1. The lowest BCUT2D eigenvalue weighted by molar-refractivity contribution is -0.129. The number of piperidine rings is 1. The van der Waals surface area contributed by atoms with Gasteiger partial charge in [-0.3, -0.25) is 9.69 Å². The highest BCUT2D eigenvalue weighted by atomic mass is 16.3. The molecule has 0 aromatic heterocycles. The van der Waals surface area contributed by atoms with E-state index < -0.39 is 0 Å². The van der Waals surface area contributed by atoms with Gasteiger partial charge in [0.05, 0.1) is 12.1 Å². The summed E-state index contributed by atoms with van der Waals surface area (Å²) in [6.45, 7) is 0.834. The average molecular weight is 238 g/mol.